The van der Waals surface area contributed by atoms with Crippen molar-refractivity contribution in [2.45, 2.75) is 65.2 Å². The van der Waals surface area contributed by atoms with E-state index in [1.807, 2.05) is 13.0 Å². The van der Waals surface area contributed by atoms with Gasteiger partial charge in [0.25, 0.3) is 0 Å². The molecule has 39 heavy (non-hydrogen) atoms. The lowest BCUT2D eigenvalue weighted by Gasteiger charge is -2.23. The highest BCUT2D eigenvalue weighted by molar-refractivity contribution is 5.68. The monoisotopic (exact) mass is 546 g/mol. The second-order valence-electron chi connectivity index (χ2n) is 9.98. The van der Waals surface area contributed by atoms with Gasteiger partial charge in [-0.3, -0.25) is 0 Å². The summed E-state index contributed by atoms with van der Waals surface area (Å²) in [4.78, 5) is 0. The Kier molecular flexibility index (Phi) is 9.41. The van der Waals surface area contributed by atoms with Crippen molar-refractivity contribution in [3.05, 3.63) is 94.1 Å². The molecule has 3 aromatic carbocycles. The quantitative estimate of drug-likeness (QED) is 0.230. The smallest absolute Gasteiger partial charge is 0.201 e. The molecule has 208 valence electrons. The minimum absolute atomic E-state index is 0.136. The normalized spacial score (nSPS) is 15.4. The number of aryl methyl sites for hydroxylation is 2. The minimum atomic E-state index is -1.30. The second-order valence-corrected chi connectivity index (χ2v) is 9.98. The van der Waals surface area contributed by atoms with Crippen molar-refractivity contribution in [1.82, 2.24) is 0 Å². The van der Waals surface area contributed by atoms with Crippen LogP contribution >= 0.6 is 0 Å². The third-order valence-electron chi connectivity index (χ3n) is 7.40. The van der Waals surface area contributed by atoms with Crippen LogP contribution < -0.4 is 4.74 Å². The second kappa shape index (κ2) is 12.8. The Hall–Kier alpha value is -3.22. The van der Waals surface area contributed by atoms with Crippen molar-refractivity contribution in [2.24, 2.45) is 5.92 Å². The first-order chi connectivity index (χ1) is 18.8. The molecular weight excluding hydrogens is 514 g/mol. The molecule has 0 saturated carbocycles. The van der Waals surface area contributed by atoms with Gasteiger partial charge in [0, 0.05) is 16.7 Å². The maximum Gasteiger partial charge on any atom is 0.201 e. The molecule has 0 amide bonds. The Morgan fingerprint density at radius 2 is 1.28 bits per heavy atom. The van der Waals surface area contributed by atoms with E-state index in [2.05, 4.69) is 0 Å². The molecule has 1 aliphatic carbocycles. The van der Waals surface area contributed by atoms with Gasteiger partial charge in [-0.05, 0) is 86.6 Å². The molecule has 0 spiro atoms. The average molecular weight is 547 g/mol. The fourth-order valence-corrected chi connectivity index (χ4v) is 5.27. The van der Waals surface area contributed by atoms with Gasteiger partial charge in [0.15, 0.2) is 34.8 Å². The topological polar surface area (TPSA) is 9.23 Å². The van der Waals surface area contributed by atoms with Gasteiger partial charge in [-0.2, -0.15) is 4.39 Å². The predicted molar refractivity (Wildman–Crippen MR) is 141 cm³/mol. The van der Waals surface area contributed by atoms with E-state index in [0.29, 0.717) is 42.7 Å². The number of hydrogen-bond donors (Lipinski definition) is 0. The molecule has 0 saturated heterocycles. The summed E-state index contributed by atoms with van der Waals surface area (Å²) in [5.74, 6) is -6.39. The van der Waals surface area contributed by atoms with Crippen molar-refractivity contribution in [2.75, 3.05) is 6.61 Å². The zero-order valence-corrected chi connectivity index (χ0v) is 22.2. The molecule has 0 radical (unpaired) electrons. The van der Waals surface area contributed by atoms with Crippen LogP contribution in [0.3, 0.4) is 0 Å². The Morgan fingerprint density at radius 1 is 0.692 bits per heavy atom. The molecule has 0 N–H and O–H groups in total. The molecule has 1 atom stereocenters. The van der Waals surface area contributed by atoms with Crippen LogP contribution in [0.5, 0.6) is 5.75 Å². The summed E-state index contributed by atoms with van der Waals surface area (Å²) in [6, 6.07) is 8.35. The highest BCUT2D eigenvalue weighted by Crippen LogP contribution is 2.36. The third kappa shape index (κ3) is 6.18. The SMILES string of the molecule is CCCc1ccc(C2=CCC(CCCc3ccc(-c4ccc(OCC)c(F)c4F)c(F)c3F)CC2)c(F)c1F. The zero-order chi connectivity index (χ0) is 28.1. The molecule has 1 unspecified atom stereocenters. The summed E-state index contributed by atoms with van der Waals surface area (Å²) in [5, 5.41) is 0. The minimum Gasteiger partial charge on any atom is -0.491 e. The van der Waals surface area contributed by atoms with Crippen LogP contribution in [0.2, 0.25) is 0 Å². The summed E-state index contributed by atoms with van der Waals surface area (Å²) in [5.41, 5.74) is 0.938. The first kappa shape index (κ1) is 28.8. The number of ether oxygens (including phenoxy) is 1. The first-order valence-corrected chi connectivity index (χ1v) is 13.5. The molecule has 0 fully saturated rings. The van der Waals surface area contributed by atoms with Crippen LogP contribution in [0, 0.1) is 40.8 Å². The molecule has 7 heteroatoms. The van der Waals surface area contributed by atoms with E-state index in [-0.39, 0.29) is 35.5 Å². The van der Waals surface area contributed by atoms with E-state index in [1.165, 1.54) is 24.3 Å². The van der Waals surface area contributed by atoms with Crippen LogP contribution in [0.1, 0.15) is 69.1 Å². The molecule has 3 aromatic rings. The molecular formula is C32H32F6O. The van der Waals surface area contributed by atoms with Crippen molar-refractivity contribution in [1.29, 1.82) is 0 Å². The largest absolute Gasteiger partial charge is 0.491 e. The van der Waals surface area contributed by atoms with Crippen LogP contribution in [0.25, 0.3) is 16.7 Å². The molecule has 0 aromatic heterocycles. The van der Waals surface area contributed by atoms with E-state index >= 15 is 0 Å². The Labute approximate surface area is 225 Å². The summed E-state index contributed by atoms with van der Waals surface area (Å²) in [6.45, 7) is 3.68. The van der Waals surface area contributed by atoms with Gasteiger partial charge in [-0.15, -0.1) is 0 Å². The summed E-state index contributed by atoms with van der Waals surface area (Å²) in [7, 11) is 0. The van der Waals surface area contributed by atoms with Gasteiger partial charge < -0.3 is 4.74 Å². The van der Waals surface area contributed by atoms with Crippen molar-refractivity contribution in [3.63, 3.8) is 0 Å². The van der Waals surface area contributed by atoms with Crippen LogP contribution in [-0.2, 0) is 12.8 Å². The van der Waals surface area contributed by atoms with Crippen LogP contribution in [-0.4, -0.2) is 6.61 Å². The molecule has 0 aliphatic heterocycles. The molecule has 1 aliphatic rings. The number of rotatable bonds is 10. The molecule has 0 heterocycles. The predicted octanol–water partition coefficient (Wildman–Crippen LogP) is 9.75. The van der Waals surface area contributed by atoms with E-state index in [4.69, 9.17) is 4.74 Å². The van der Waals surface area contributed by atoms with Gasteiger partial charge in [0.05, 0.1) is 6.61 Å². The summed E-state index contributed by atoms with van der Waals surface area (Å²) in [6.07, 6.45) is 6.95. The van der Waals surface area contributed by atoms with E-state index < -0.39 is 34.9 Å². The lowest BCUT2D eigenvalue weighted by molar-refractivity contribution is 0.314. The van der Waals surface area contributed by atoms with E-state index in [9.17, 15) is 26.3 Å². The van der Waals surface area contributed by atoms with Crippen molar-refractivity contribution in [3.8, 4) is 16.9 Å². The van der Waals surface area contributed by atoms with Gasteiger partial charge in [0.1, 0.15) is 0 Å². The van der Waals surface area contributed by atoms with E-state index in [0.717, 1.165) is 24.8 Å². The Morgan fingerprint density at radius 3 is 1.90 bits per heavy atom. The summed E-state index contributed by atoms with van der Waals surface area (Å²) >= 11 is 0. The number of hydrogen-bond acceptors (Lipinski definition) is 1. The molecule has 0 bridgehead atoms. The fraction of sp³-hybridized carbons (Fsp3) is 0.375. The first-order valence-electron chi connectivity index (χ1n) is 13.5. The van der Waals surface area contributed by atoms with Gasteiger partial charge in [-0.25, -0.2) is 22.0 Å². The lowest BCUT2D eigenvalue weighted by atomic mass is 9.83. The van der Waals surface area contributed by atoms with Gasteiger partial charge in [0.2, 0.25) is 5.82 Å². The highest BCUT2D eigenvalue weighted by atomic mass is 19.2. The van der Waals surface area contributed by atoms with Gasteiger partial charge in [-0.1, -0.05) is 43.7 Å². The Bertz CT molecular complexity index is 1360. The highest BCUT2D eigenvalue weighted by Gasteiger charge is 2.23. The van der Waals surface area contributed by atoms with Crippen LogP contribution in [0.4, 0.5) is 26.3 Å². The zero-order valence-electron chi connectivity index (χ0n) is 22.2. The fourth-order valence-electron chi connectivity index (χ4n) is 5.27. The van der Waals surface area contributed by atoms with Gasteiger partial charge >= 0.3 is 0 Å². The molecule has 1 nitrogen and oxygen atoms in total. The average Bonchev–Trinajstić information content (AvgIpc) is 2.93. The Balaban J connectivity index is 1.38. The number of benzene rings is 3. The van der Waals surface area contributed by atoms with Crippen molar-refractivity contribution < 1.29 is 31.1 Å². The van der Waals surface area contributed by atoms with Crippen molar-refractivity contribution >= 4 is 5.57 Å². The maximum absolute atomic E-state index is 14.9. The standard InChI is InChI=1S/C32H32F6O/c1-3-6-21-13-15-23(29(35)27(21)33)20-11-9-19(10-12-20)7-5-8-22-14-16-24(30(36)28(22)34)25-17-18-26(39-4-2)32(38)31(25)37/h11,13-19H,3-10,12H2,1-2H3. The number of halogens is 6. The van der Waals surface area contributed by atoms with E-state index in [1.54, 1.807) is 19.1 Å². The summed E-state index contributed by atoms with van der Waals surface area (Å²) < 4.78 is 92.5. The van der Waals surface area contributed by atoms with Crippen LogP contribution in [0.15, 0.2) is 42.5 Å². The third-order valence-corrected chi connectivity index (χ3v) is 7.40. The molecule has 4 rings (SSSR count). The number of allylic oxidation sites excluding steroid dienone is 2. The maximum atomic E-state index is 14.9. The lowest BCUT2D eigenvalue weighted by Crippen LogP contribution is -2.08.